The summed E-state index contributed by atoms with van der Waals surface area (Å²) in [7, 11) is 0. The molecule has 0 bridgehead atoms. The predicted molar refractivity (Wildman–Crippen MR) is 60.5 cm³/mol. The summed E-state index contributed by atoms with van der Waals surface area (Å²) in [4.78, 5) is 0. The molecule has 1 saturated heterocycles. The third-order valence-electron chi connectivity index (χ3n) is 3.33. The van der Waals surface area contributed by atoms with Crippen LogP contribution in [0.4, 0.5) is 0 Å². The summed E-state index contributed by atoms with van der Waals surface area (Å²) in [6, 6.07) is 0. The van der Waals surface area contributed by atoms with Crippen LogP contribution in [0.25, 0.3) is 0 Å². The third-order valence-corrected chi connectivity index (χ3v) is 3.33. The normalized spacial score (nSPS) is 19.9. The molecule has 84 valence electrons. The zero-order chi connectivity index (χ0) is 10.4. The molecule has 0 atom stereocenters. The van der Waals surface area contributed by atoms with Crippen LogP contribution in [0.3, 0.4) is 0 Å². The summed E-state index contributed by atoms with van der Waals surface area (Å²) in [5.41, 5.74) is 0.450. The van der Waals surface area contributed by atoms with Crippen LogP contribution >= 0.6 is 0 Å². The maximum Gasteiger partial charge on any atom is 0.0469 e. The molecule has 0 aromatic heterocycles. The summed E-state index contributed by atoms with van der Waals surface area (Å²) in [5.74, 6) is 0.844. The van der Waals surface area contributed by atoms with E-state index in [4.69, 9.17) is 4.74 Å². The molecule has 0 saturated carbocycles. The van der Waals surface area contributed by atoms with E-state index in [1.54, 1.807) is 0 Å². The van der Waals surface area contributed by atoms with E-state index in [0.29, 0.717) is 5.41 Å². The zero-order valence-corrected chi connectivity index (χ0v) is 9.94. The van der Waals surface area contributed by atoms with Crippen molar-refractivity contribution in [1.82, 2.24) is 5.32 Å². The van der Waals surface area contributed by atoms with E-state index in [1.165, 1.54) is 25.8 Å². The first kappa shape index (κ1) is 12.0. The topological polar surface area (TPSA) is 21.3 Å². The maximum atomic E-state index is 5.34. The highest BCUT2D eigenvalue weighted by atomic mass is 16.5. The molecular weight excluding hydrogens is 174 g/mol. The highest BCUT2D eigenvalue weighted by Gasteiger charge is 2.17. The van der Waals surface area contributed by atoms with Crippen LogP contribution < -0.4 is 5.32 Å². The quantitative estimate of drug-likeness (QED) is 0.734. The van der Waals surface area contributed by atoms with E-state index in [0.717, 1.165) is 25.7 Å². The molecule has 0 spiro atoms. The van der Waals surface area contributed by atoms with Crippen LogP contribution in [0.2, 0.25) is 0 Å². The van der Waals surface area contributed by atoms with Crippen LogP contribution in [0.1, 0.15) is 40.0 Å². The first-order valence-electron chi connectivity index (χ1n) is 5.92. The van der Waals surface area contributed by atoms with Crippen LogP contribution in [-0.4, -0.2) is 26.3 Å². The molecule has 14 heavy (non-hydrogen) atoms. The maximum absolute atomic E-state index is 5.34. The van der Waals surface area contributed by atoms with Gasteiger partial charge in [0.05, 0.1) is 0 Å². The molecule has 0 aliphatic carbocycles. The largest absolute Gasteiger partial charge is 0.381 e. The fraction of sp³-hybridized carbons (Fsp3) is 1.00. The molecule has 2 heteroatoms. The summed E-state index contributed by atoms with van der Waals surface area (Å²) < 4.78 is 5.34. The molecular formula is C12H25NO. The molecule has 1 aliphatic rings. The van der Waals surface area contributed by atoms with Crippen molar-refractivity contribution in [2.24, 2.45) is 11.3 Å². The van der Waals surface area contributed by atoms with Crippen molar-refractivity contribution in [1.29, 1.82) is 0 Å². The van der Waals surface area contributed by atoms with Gasteiger partial charge in [0, 0.05) is 19.8 Å². The Bertz CT molecular complexity index is 150. The van der Waals surface area contributed by atoms with Crippen molar-refractivity contribution in [2.45, 2.75) is 40.0 Å². The van der Waals surface area contributed by atoms with Crippen molar-refractivity contribution in [3.05, 3.63) is 0 Å². The van der Waals surface area contributed by atoms with Gasteiger partial charge in [-0.15, -0.1) is 0 Å². The fourth-order valence-corrected chi connectivity index (χ4v) is 1.69. The van der Waals surface area contributed by atoms with Gasteiger partial charge in [0.25, 0.3) is 0 Å². The molecule has 0 radical (unpaired) electrons. The van der Waals surface area contributed by atoms with E-state index in [9.17, 15) is 0 Å². The van der Waals surface area contributed by atoms with Gasteiger partial charge in [-0.05, 0) is 37.1 Å². The Hall–Kier alpha value is -0.0800. The first-order chi connectivity index (χ1) is 6.64. The molecule has 0 unspecified atom stereocenters. The molecule has 0 aromatic rings. The Balaban J connectivity index is 2.08. The molecule has 0 amide bonds. The lowest BCUT2D eigenvalue weighted by Gasteiger charge is -2.26. The van der Waals surface area contributed by atoms with Crippen molar-refractivity contribution in [2.75, 3.05) is 26.3 Å². The smallest absolute Gasteiger partial charge is 0.0469 e. The highest BCUT2D eigenvalue weighted by molar-refractivity contribution is 4.72. The monoisotopic (exact) mass is 199 g/mol. The van der Waals surface area contributed by atoms with E-state index < -0.39 is 0 Å². The zero-order valence-electron chi connectivity index (χ0n) is 9.94. The Morgan fingerprint density at radius 3 is 2.50 bits per heavy atom. The van der Waals surface area contributed by atoms with Gasteiger partial charge in [0.1, 0.15) is 0 Å². The summed E-state index contributed by atoms with van der Waals surface area (Å²) in [6.07, 6.45) is 3.72. The lowest BCUT2D eigenvalue weighted by atomic mass is 9.90. The fourth-order valence-electron chi connectivity index (χ4n) is 1.69. The van der Waals surface area contributed by atoms with Crippen LogP contribution in [0.5, 0.6) is 0 Å². The molecule has 1 aliphatic heterocycles. The van der Waals surface area contributed by atoms with Crippen LogP contribution in [-0.2, 0) is 4.74 Å². The van der Waals surface area contributed by atoms with Crippen molar-refractivity contribution >= 4 is 0 Å². The van der Waals surface area contributed by atoms with Gasteiger partial charge in [-0.3, -0.25) is 0 Å². The van der Waals surface area contributed by atoms with Crippen molar-refractivity contribution in [3.8, 4) is 0 Å². The Labute approximate surface area is 88.4 Å². The second-order valence-corrected chi connectivity index (χ2v) is 5.20. The summed E-state index contributed by atoms with van der Waals surface area (Å²) in [5, 5.41) is 3.59. The molecule has 1 heterocycles. The van der Waals surface area contributed by atoms with Gasteiger partial charge in [-0.1, -0.05) is 20.8 Å². The minimum Gasteiger partial charge on any atom is -0.381 e. The second-order valence-electron chi connectivity index (χ2n) is 5.20. The Kier molecular flexibility index (Phi) is 4.90. The lowest BCUT2D eigenvalue weighted by Crippen LogP contribution is -2.34. The average molecular weight is 199 g/mol. The van der Waals surface area contributed by atoms with E-state index >= 15 is 0 Å². The lowest BCUT2D eigenvalue weighted by molar-refractivity contribution is 0.0655. The molecule has 2 nitrogen and oxygen atoms in total. The molecule has 1 rings (SSSR count). The molecule has 0 aromatic carbocycles. The van der Waals surface area contributed by atoms with Gasteiger partial charge in [-0.2, -0.15) is 0 Å². The average Bonchev–Trinajstić information content (AvgIpc) is 2.19. The van der Waals surface area contributed by atoms with E-state index in [1.807, 2.05) is 0 Å². The van der Waals surface area contributed by atoms with Crippen LogP contribution in [0, 0.1) is 11.3 Å². The number of rotatable bonds is 5. The number of hydrogen-bond acceptors (Lipinski definition) is 2. The van der Waals surface area contributed by atoms with E-state index in [-0.39, 0.29) is 0 Å². The highest BCUT2D eigenvalue weighted by Crippen LogP contribution is 2.18. The van der Waals surface area contributed by atoms with Gasteiger partial charge in [-0.25, -0.2) is 0 Å². The number of hydrogen-bond donors (Lipinski definition) is 1. The summed E-state index contributed by atoms with van der Waals surface area (Å²) >= 11 is 0. The minimum absolute atomic E-state index is 0.450. The standard InChI is InChI=1S/C12H25NO/c1-4-12(2,3)10-13-9-11-5-7-14-8-6-11/h11,13H,4-10H2,1-3H3. The van der Waals surface area contributed by atoms with E-state index in [2.05, 4.69) is 26.1 Å². The van der Waals surface area contributed by atoms with Gasteiger partial charge in [0.2, 0.25) is 0 Å². The van der Waals surface area contributed by atoms with Crippen LogP contribution in [0.15, 0.2) is 0 Å². The predicted octanol–water partition coefficient (Wildman–Crippen LogP) is 2.44. The van der Waals surface area contributed by atoms with Gasteiger partial charge >= 0.3 is 0 Å². The second kappa shape index (κ2) is 5.72. The van der Waals surface area contributed by atoms with Crippen molar-refractivity contribution in [3.63, 3.8) is 0 Å². The Morgan fingerprint density at radius 1 is 1.29 bits per heavy atom. The third kappa shape index (κ3) is 4.43. The summed E-state index contributed by atoms with van der Waals surface area (Å²) in [6.45, 7) is 11.1. The molecule has 1 fully saturated rings. The molecule has 1 N–H and O–H groups in total. The SMILES string of the molecule is CCC(C)(C)CNCC1CCOCC1. The minimum atomic E-state index is 0.450. The number of ether oxygens (including phenoxy) is 1. The number of nitrogens with one attached hydrogen (secondary N) is 1. The van der Waals surface area contributed by atoms with Gasteiger partial charge < -0.3 is 10.1 Å². The first-order valence-corrected chi connectivity index (χ1v) is 5.92. The van der Waals surface area contributed by atoms with Gasteiger partial charge in [0.15, 0.2) is 0 Å². The van der Waals surface area contributed by atoms with Crippen molar-refractivity contribution < 1.29 is 4.74 Å². The Morgan fingerprint density at radius 2 is 1.93 bits per heavy atom.